The molecule has 0 amide bonds. The predicted octanol–water partition coefficient (Wildman–Crippen LogP) is 2.68. The van der Waals surface area contributed by atoms with Crippen molar-refractivity contribution in [1.82, 2.24) is 4.98 Å². The summed E-state index contributed by atoms with van der Waals surface area (Å²) in [6.45, 7) is 2.56. The van der Waals surface area contributed by atoms with Crippen LogP contribution in [0.25, 0.3) is 0 Å². The Bertz CT molecular complexity index is 789. The molecule has 0 spiro atoms. The molecule has 112 valence electrons. The molecule has 21 heavy (non-hydrogen) atoms. The minimum Gasteiger partial charge on any atom is -0.486 e. The Labute approximate surface area is 130 Å². The molecular formula is C12H11ClN2O4S2. The number of aromatic nitrogens is 1. The van der Waals surface area contributed by atoms with E-state index in [1.165, 1.54) is 23.5 Å². The summed E-state index contributed by atoms with van der Waals surface area (Å²) in [6.07, 6.45) is 0. The van der Waals surface area contributed by atoms with Crippen molar-refractivity contribution in [3.05, 3.63) is 28.2 Å². The molecule has 6 nitrogen and oxygen atoms in total. The molecule has 0 atom stereocenters. The average Bonchev–Trinajstić information content (AvgIpc) is 2.82. The zero-order valence-corrected chi connectivity index (χ0v) is 13.3. The van der Waals surface area contributed by atoms with Crippen molar-refractivity contribution in [3.63, 3.8) is 0 Å². The summed E-state index contributed by atoms with van der Waals surface area (Å²) in [7, 11) is -3.83. The van der Waals surface area contributed by atoms with Crippen molar-refractivity contribution >= 4 is 38.1 Å². The second-order valence-electron chi connectivity index (χ2n) is 4.33. The maximum Gasteiger partial charge on any atom is 0.265 e. The van der Waals surface area contributed by atoms with E-state index in [4.69, 9.17) is 21.1 Å². The highest BCUT2D eigenvalue weighted by molar-refractivity contribution is 7.93. The van der Waals surface area contributed by atoms with Gasteiger partial charge in [0.25, 0.3) is 10.0 Å². The van der Waals surface area contributed by atoms with Crippen molar-refractivity contribution in [2.75, 3.05) is 17.9 Å². The molecule has 0 radical (unpaired) electrons. The van der Waals surface area contributed by atoms with Gasteiger partial charge in [-0.15, -0.1) is 11.3 Å². The standard InChI is InChI=1S/C12H11ClN2O4S2/c1-7-6-20-12(14-7)15-21(16,17)11-5-10-9(4-8(11)13)18-2-3-19-10/h4-6H,2-3H2,1H3,(H,14,15). The Hall–Kier alpha value is -1.51. The Kier molecular flexibility index (Phi) is 3.68. The van der Waals surface area contributed by atoms with Crippen molar-refractivity contribution in [1.29, 1.82) is 0 Å². The van der Waals surface area contributed by atoms with Crippen molar-refractivity contribution < 1.29 is 17.9 Å². The van der Waals surface area contributed by atoms with Crippen molar-refractivity contribution in [2.45, 2.75) is 11.8 Å². The van der Waals surface area contributed by atoms with Gasteiger partial charge in [0.2, 0.25) is 0 Å². The van der Waals surface area contributed by atoms with E-state index in [1.54, 1.807) is 12.3 Å². The molecule has 9 heteroatoms. The van der Waals surface area contributed by atoms with Gasteiger partial charge in [-0.25, -0.2) is 13.4 Å². The van der Waals surface area contributed by atoms with Crippen LogP contribution in [0.2, 0.25) is 5.02 Å². The largest absolute Gasteiger partial charge is 0.486 e. The van der Waals surface area contributed by atoms with Crippen LogP contribution in [-0.4, -0.2) is 26.6 Å². The molecule has 1 aromatic heterocycles. The maximum atomic E-state index is 12.4. The number of hydrogen-bond donors (Lipinski definition) is 1. The maximum absolute atomic E-state index is 12.4. The van der Waals surface area contributed by atoms with E-state index in [0.29, 0.717) is 29.8 Å². The van der Waals surface area contributed by atoms with E-state index in [1.807, 2.05) is 0 Å². The smallest absolute Gasteiger partial charge is 0.265 e. The highest BCUT2D eigenvalue weighted by Gasteiger charge is 2.24. The molecule has 2 aromatic rings. The third-order valence-corrected chi connectivity index (χ3v) is 5.54. The number of anilines is 1. The molecule has 0 saturated heterocycles. The van der Waals surface area contributed by atoms with Gasteiger partial charge in [-0.05, 0) is 6.92 Å². The van der Waals surface area contributed by atoms with Crippen LogP contribution in [0.1, 0.15) is 5.69 Å². The molecule has 0 bridgehead atoms. The van der Waals surface area contributed by atoms with Gasteiger partial charge in [-0.3, -0.25) is 4.72 Å². The van der Waals surface area contributed by atoms with E-state index in [9.17, 15) is 8.42 Å². The molecule has 3 rings (SSSR count). The lowest BCUT2D eigenvalue weighted by molar-refractivity contribution is 0.171. The van der Waals surface area contributed by atoms with E-state index in [0.717, 1.165) is 5.69 Å². The summed E-state index contributed by atoms with van der Waals surface area (Å²) in [4.78, 5) is 4.00. The average molecular weight is 347 g/mol. The van der Waals surface area contributed by atoms with Gasteiger partial charge in [-0.1, -0.05) is 11.6 Å². The predicted molar refractivity (Wildman–Crippen MR) is 80.1 cm³/mol. The second-order valence-corrected chi connectivity index (χ2v) is 7.24. The van der Waals surface area contributed by atoms with E-state index < -0.39 is 10.0 Å². The fourth-order valence-corrected chi connectivity index (χ4v) is 4.30. The fourth-order valence-electron chi connectivity index (χ4n) is 1.82. The number of fused-ring (bicyclic) bond motifs is 1. The van der Waals surface area contributed by atoms with Crippen molar-refractivity contribution in [2.24, 2.45) is 0 Å². The van der Waals surface area contributed by atoms with Crippen LogP contribution >= 0.6 is 22.9 Å². The first-order valence-electron chi connectivity index (χ1n) is 6.00. The third-order valence-electron chi connectivity index (χ3n) is 2.73. The number of nitrogens with zero attached hydrogens (tertiary/aromatic N) is 1. The van der Waals surface area contributed by atoms with Gasteiger partial charge in [-0.2, -0.15) is 0 Å². The Balaban J connectivity index is 1.98. The van der Waals surface area contributed by atoms with Crippen LogP contribution in [0.3, 0.4) is 0 Å². The number of thiazole rings is 1. The summed E-state index contributed by atoms with van der Waals surface area (Å²) in [5.74, 6) is 0.802. The Morgan fingerprint density at radius 2 is 1.95 bits per heavy atom. The number of sulfonamides is 1. The first-order chi connectivity index (χ1) is 9.95. The first kappa shape index (κ1) is 14.4. The van der Waals surface area contributed by atoms with E-state index in [2.05, 4.69) is 9.71 Å². The number of rotatable bonds is 3. The summed E-state index contributed by atoms with van der Waals surface area (Å²) >= 11 is 7.25. The number of aryl methyl sites for hydroxylation is 1. The Morgan fingerprint density at radius 3 is 2.57 bits per heavy atom. The summed E-state index contributed by atoms with van der Waals surface area (Å²) in [5.41, 5.74) is 0.742. The van der Waals surface area contributed by atoms with Crippen LogP contribution < -0.4 is 14.2 Å². The summed E-state index contributed by atoms with van der Waals surface area (Å²) in [6, 6.07) is 2.80. The molecule has 1 aliphatic heterocycles. The molecule has 1 aliphatic rings. The lowest BCUT2D eigenvalue weighted by Crippen LogP contribution is -2.18. The van der Waals surface area contributed by atoms with Gasteiger partial charge in [0.15, 0.2) is 16.6 Å². The summed E-state index contributed by atoms with van der Waals surface area (Å²) in [5, 5.41) is 2.11. The lowest BCUT2D eigenvalue weighted by Gasteiger charge is -2.19. The molecule has 1 aromatic carbocycles. The minimum absolute atomic E-state index is 0.0683. The SMILES string of the molecule is Cc1csc(NS(=O)(=O)c2cc3c(cc2Cl)OCCO3)n1. The molecule has 1 N–H and O–H groups in total. The zero-order valence-electron chi connectivity index (χ0n) is 10.9. The molecule has 0 unspecified atom stereocenters. The molecule has 0 aliphatic carbocycles. The second kappa shape index (κ2) is 5.36. The summed E-state index contributed by atoms with van der Waals surface area (Å²) < 4.78 is 37.9. The van der Waals surface area contributed by atoms with Gasteiger partial charge in [0, 0.05) is 17.5 Å². The van der Waals surface area contributed by atoms with Gasteiger partial charge in [0.1, 0.15) is 18.1 Å². The van der Waals surface area contributed by atoms with Crippen LogP contribution in [0, 0.1) is 6.92 Å². The minimum atomic E-state index is -3.83. The van der Waals surface area contributed by atoms with Crippen LogP contribution in [0.4, 0.5) is 5.13 Å². The topological polar surface area (TPSA) is 77.5 Å². The van der Waals surface area contributed by atoms with Crippen LogP contribution in [-0.2, 0) is 10.0 Å². The van der Waals surface area contributed by atoms with Gasteiger partial charge in [0.05, 0.1) is 10.7 Å². The van der Waals surface area contributed by atoms with E-state index >= 15 is 0 Å². The third kappa shape index (κ3) is 2.92. The number of halogens is 1. The monoisotopic (exact) mass is 346 g/mol. The quantitative estimate of drug-likeness (QED) is 0.924. The van der Waals surface area contributed by atoms with Crippen LogP contribution in [0.15, 0.2) is 22.4 Å². The first-order valence-corrected chi connectivity index (χ1v) is 8.74. The molecule has 0 saturated carbocycles. The van der Waals surface area contributed by atoms with E-state index in [-0.39, 0.29) is 9.92 Å². The van der Waals surface area contributed by atoms with Gasteiger partial charge >= 0.3 is 0 Å². The number of nitrogens with one attached hydrogen (secondary N) is 1. The molecule has 2 heterocycles. The highest BCUT2D eigenvalue weighted by Crippen LogP contribution is 2.37. The number of ether oxygens (including phenoxy) is 2. The molecule has 0 fully saturated rings. The normalized spacial score (nSPS) is 14.0. The molecular weight excluding hydrogens is 336 g/mol. The Morgan fingerprint density at radius 1 is 1.29 bits per heavy atom. The van der Waals surface area contributed by atoms with Crippen molar-refractivity contribution in [3.8, 4) is 11.5 Å². The lowest BCUT2D eigenvalue weighted by atomic mass is 10.3. The van der Waals surface area contributed by atoms with Crippen LogP contribution in [0.5, 0.6) is 11.5 Å². The number of benzene rings is 1. The zero-order chi connectivity index (χ0) is 15.0. The number of hydrogen-bond acceptors (Lipinski definition) is 6. The van der Waals surface area contributed by atoms with Gasteiger partial charge < -0.3 is 9.47 Å². The highest BCUT2D eigenvalue weighted by atomic mass is 35.5. The fraction of sp³-hybridized carbons (Fsp3) is 0.250.